The first-order valence-corrected chi connectivity index (χ1v) is 14.3. The third-order valence-electron chi connectivity index (χ3n) is 6.47. The Balaban J connectivity index is 2.26. The molecule has 6 nitrogen and oxygen atoms in total. The van der Waals surface area contributed by atoms with E-state index in [4.69, 9.17) is 4.74 Å². The second-order valence-electron chi connectivity index (χ2n) is 9.81. The van der Waals surface area contributed by atoms with Crippen molar-refractivity contribution in [3.8, 4) is 0 Å². The maximum absolute atomic E-state index is 12.3. The lowest BCUT2D eigenvalue weighted by molar-refractivity contribution is -0.911. The normalized spacial score (nSPS) is 17.8. The summed E-state index contributed by atoms with van der Waals surface area (Å²) in [7, 11) is -2.09. The molecule has 31 heavy (non-hydrogen) atoms. The Morgan fingerprint density at radius 1 is 0.871 bits per heavy atom. The zero-order valence-electron chi connectivity index (χ0n) is 20.2. The van der Waals surface area contributed by atoms with Gasteiger partial charge in [0.05, 0.1) is 20.1 Å². The van der Waals surface area contributed by atoms with E-state index in [1.165, 1.54) is 64.2 Å². The van der Waals surface area contributed by atoms with Crippen LogP contribution in [0.4, 0.5) is 0 Å². The summed E-state index contributed by atoms with van der Waals surface area (Å²) in [4.78, 5) is 12.3. The second kappa shape index (κ2) is 16.0. The molecular weight excluding hydrogens is 414 g/mol. The van der Waals surface area contributed by atoms with Gasteiger partial charge in [0.1, 0.15) is 12.3 Å². The Morgan fingerprint density at radius 3 is 1.84 bits per heavy atom. The SMILES string of the molecule is CCCCCCCCCCCCCC(=O)OC(C[N+]1(C)CCCCCC1)CS(=O)(=O)O. The zero-order chi connectivity index (χ0) is 23.0. The van der Waals surface area contributed by atoms with Crippen molar-refractivity contribution in [2.75, 3.05) is 32.4 Å². The summed E-state index contributed by atoms with van der Waals surface area (Å²) in [6.45, 7) is 4.60. The highest BCUT2D eigenvalue weighted by molar-refractivity contribution is 7.85. The standard InChI is InChI=1S/C24H47NO5S/c1-3-4-5-6-7-8-9-10-11-12-15-18-24(26)30-23(22-31(27,28)29)21-25(2)19-16-13-14-17-20-25/h23H,3-22H2,1-2H3/p+1. The van der Waals surface area contributed by atoms with Gasteiger partial charge in [-0.25, -0.2) is 0 Å². The van der Waals surface area contributed by atoms with Crippen LogP contribution >= 0.6 is 0 Å². The van der Waals surface area contributed by atoms with Gasteiger partial charge in [-0.15, -0.1) is 0 Å². The molecule has 1 N–H and O–H groups in total. The number of unbranched alkanes of at least 4 members (excludes halogenated alkanes) is 10. The molecule has 1 aliphatic rings. The summed E-state index contributed by atoms with van der Waals surface area (Å²) in [6, 6.07) is 0. The van der Waals surface area contributed by atoms with Crippen LogP contribution in [0.2, 0.25) is 0 Å². The van der Waals surface area contributed by atoms with Crippen LogP contribution in [0.3, 0.4) is 0 Å². The number of esters is 1. The third kappa shape index (κ3) is 15.7. The molecule has 0 aromatic rings. The number of hydrogen-bond acceptors (Lipinski definition) is 4. The number of carbonyl (C=O) groups is 1. The number of ether oxygens (including phenoxy) is 1. The van der Waals surface area contributed by atoms with Crippen LogP contribution in [-0.4, -0.2) is 62.0 Å². The number of nitrogens with zero attached hydrogens (tertiary/aromatic N) is 1. The first kappa shape index (κ1) is 28.4. The van der Waals surface area contributed by atoms with E-state index >= 15 is 0 Å². The van der Waals surface area contributed by atoms with E-state index in [0.29, 0.717) is 17.4 Å². The van der Waals surface area contributed by atoms with Crippen molar-refractivity contribution in [2.24, 2.45) is 0 Å². The summed E-state index contributed by atoms with van der Waals surface area (Å²) < 4.78 is 38.5. The molecule has 0 aromatic carbocycles. The average Bonchev–Trinajstić information content (AvgIpc) is 2.89. The van der Waals surface area contributed by atoms with Crippen LogP contribution in [0.5, 0.6) is 0 Å². The highest BCUT2D eigenvalue weighted by Crippen LogP contribution is 2.19. The Morgan fingerprint density at radius 2 is 1.35 bits per heavy atom. The minimum absolute atomic E-state index is 0.322. The molecule has 0 spiro atoms. The summed E-state index contributed by atoms with van der Waals surface area (Å²) >= 11 is 0. The fourth-order valence-corrected chi connectivity index (χ4v) is 5.31. The molecule has 0 saturated carbocycles. The summed E-state index contributed by atoms with van der Waals surface area (Å²) in [5, 5.41) is 0. The van der Waals surface area contributed by atoms with Crippen LogP contribution in [0.15, 0.2) is 0 Å². The molecule has 0 aliphatic carbocycles. The largest absolute Gasteiger partial charge is 0.455 e. The molecule has 0 bridgehead atoms. The molecule has 1 aliphatic heterocycles. The molecule has 1 rings (SSSR count). The predicted octanol–water partition coefficient (Wildman–Crippen LogP) is 5.51. The number of rotatable bonds is 17. The lowest BCUT2D eigenvalue weighted by Gasteiger charge is -2.36. The smallest absolute Gasteiger partial charge is 0.306 e. The van der Waals surface area contributed by atoms with Gasteiger partial charge in [-0.2, -0.15) is 8.42 Å². The fraction of sp³-hybridized carbons (Fsp3) is 0.958. The third-order valence-corrected chi connectivity index (χ3v) is 7.26. The summed E-state index contributed by atoms with van der Waals surface area (Å²) in [5.74, 6) is -0.851. The van der Waals surface area contributed by atoms with E-state index < -0.39 is 22.0 Å². The van der Waals surface area contributed by atoms with Crippen LogP contribution in [-0.2, 0) is 19.6 Å². The zero-order valence-corrected chi connectivity index (χ0v) is 21.0. The van der Waals surface area contributed by atoms with Gasteiger partial charge >= 0.3 is 5.97 Å². The first-order valence-electron chi connectivity index (χ1n) is 12.7. The molecule has 1 saturated heterocycles. The second-order valence-corrected chi connectivity index (χ2v) is 11.3. The first-order chi connectivity index (χ1) is 14.7. The fourth-order valence-electron chi connectivity index (χ4n) is 4.66. The topological polar surface area (TPSA) is 80.7 Å². The maximum Gasteiger partial charge on any atom is 0.306 e. The molecular formula is C24H48NO5S+. The molecule has 7 heteroatoms. The van der Waals surface area contributed by atoms with Crippen molar-refractivity contribution < 1.29 is 27.0 Å². The minimum atomic E-state index is -4.19. The van der Waals surface area contributed by atoms with Gasteiger partial charge in [-0.1, -0.05) is 71.1 Å². The molecule has 1 fully saturated rings. The molecule has 0 radical (unpaired) electrons. The van der Waals surface area contributed by atoms with Gasteiger partial charge in [0.25, 0.3) is 10.1 Å². The molecule has 0 aromatic heterocycles. The Kier molecular flexibility index (Phi) is 14.7. The van der Waals surface area contributed by atoms with E-state index in [1.54, 1.807) is 0 Å². The lowest BCUT2D eigenvalue weighted by atomic mass is 10.1. The molecule has 1 unspecified atom stereocenters. The van der Waals surface area contributed by atoms with Gasteiger partial charge in [-0.3, -0.25) is 9.35 Å². The van der Waals surface area contributed by atoms with Crippen molar-refractivity contribution in [1.82, 2.24) is 0 Å². The highest BCUT2D eigenvalue weighted by atomic mass is 32.2. The maximum atomic E-state index is 12.3. The predicted molar refractivity (Wildman–Crippen MR) is 127 cm³/mol. The Labute approximate surface area is 191 Å². The minimum Gasteiger partial charge on any atom is -0.455 e. The summed E-state index contributed by atoms with van der Waals surface area (Å²) in [6.07, 6.45) is 17.5. The van der Waals surface area contributed by atoms with E-state index in [0.717, 1.165) is 45.2 Å². The number of carbonyl (C=O) groups excluding carboxylic acids is 1. The van der Waals surface area contributed by atoms with Crippen LogP contribution in [0, 0.1) is 0 Å². The van der Waals surface area contributed by atoms with E-state index in [-0.39, 0.29) is 5.97 Å². The van der Waals surface area contributed by atoms with Crippen molar-refractivity contribution in [2.45, 2.75) is 116 Å². The Hall–Kier alpha value is -0.660. The number of quaternary nitrogens is 1. The van der Waals surface area contributed by atoms with Gasteiger partial charge in [0.2, 0.25) is 0 Å². The lowest BCUT2D eigenvalue weighted by Crippen LogP contribution is -2.51. The van der Waals surface area contributed by atoms with Crippen LogP contribution in [0.25, 0.3) is 0 Å². The monoisotopic (exact) mass is 462 g/mol. The Bertz CT molecular complexity index is 571. The van der Waals surface area contributed by atoms with Crippen LogP contribution in [0.1, 0.15) is 110 Å². The van der Waals surface area contributed by atoms with Gasteiger partial charge in [-0.05, 0) is 32.1 Å². The highest BCUT2D eigenvalue weighted by Gasteiger charge is 2.32. The summed E-state index contributed by atoms with van der Waals surface area (Å²) in [5.41, 5.74) is 0. The van der Waals surface area contributed by atoms with Crippen molar-refractivity contribution in [3.05, 3.63) is 0 Å². The molecule has 1 heterocycles. The number of likely N-dealkylation sites (N-methyl/N-ethyl adjacent to an activating group) is 1. The van der Waals surface area contributed by atoms with Crippen molar-refractivity contribution in [1.29, 1.82) is 0 Å². The van der Waals surface area contributed by atoms with Gasteiger partial charge in [0.15, 0.2) is 6.10 Å². The number of hydrogen-bond donors (Lipinski definition) is 1. The van der Waals surface area contributed by atoms with E-state index in [2.05, 4.69) is 14.0 Å². The van der Waals surface area contributed by atoms with Crippen molar-refractivity contribution in [3.63, 3.8) is 0 Å². The van der Waals surface area contributed by atoms with Crippen LogP contribution < -0.4 is 0 Å². The van der Waals surface area contributed by atoms with Gasteiger partial charge < -0.3 is 9.22 Å². The van der Waals surface area contributed by atoms with E-state index in [1.807, 2.05) is 0 Å². The van der Waals surface area contributed by atoms with E-state index in [9.17, 15) is 17.8 Å². The quantitative estimate of drug-likeness (QED) is 0.133. The molecule has 0 amide bonds. The average molecular weight is 463 g/mol. The van der Waals surface area contributed by atoms with Gasteiger partial charge in [0, 0.05) is 6.42 Å². The number of likely N-dealkylation sites (tertiary alicyclic amines) is 1. The molecule has 184 valence electrons. The molecule has 1 atom stereocenters. The van der Waals surface area contributed by atoms with Crippen molar-refractivity contribution >= 4 is 16.1 Å².